The maximum Gasteiger partial charge on any atom is 0.228 e. The van der Waals surface area contributed by atoms with Gasteiger partial charge in [-0.2, -0.15) is 0 Å². The van der Waals surface area contributed by atoms with E-state index in [2.05, 4.69) is 0 Å². The maximum absolute atomic E-state index is 13.2. The van der Waals surface area contributed by atoms with E-state index in [0.29, 0.717) is 51.7 Å². The molecule has 2 amide bonds. The van der Waals surface area contributed by atoms with Crippen molar-refractivity contribution in [3.05, 3.63) is 29.8 Å². The van der Waals surface area contributed by atoms with Gasteiger partial charge in [-0.25, -0.2) is 0 Å². The first-order chi connectivity index (χ1) is 13.0. The summed E-state index contributed by atoms with van der Waals surface area (Å²) in [6.07, 6.45) is 0.522. The Kier molecular flexibility index (Phi) is 6.37. The monoisotopic (exact) mass is 374 g/mol. The molecule has 2 heterocycles. The Labute approximate surface area is 161 Å². The van der Waals surface area contributed by atoms with Gasteiger partial charge in [-0.1, -0.05) is 26.0 Å². The highest BCUT2D eigenvalue weighted by Gasteiger charge is 2.42. The average Bonchev–Trinajstić information content (AvgIpc) is 3.13. The maximum atomic E-state index is 13.2. The number of rotatable bonds is 5. The summed E-state index contributed by atoms with van der Waals surface area (Å²) in [5.74, 6) is 1.20. The Hall–Kier alpha value is -2.08. The SMILES string of the molecule is COc1ccc([C@H]2CN(C(=O)CC(C)C)C[C@@H]2C(=O)N2CCOCC2)cc1. The third-order valence-electron chi connectivity index (χ3n) is 5.44. The standard InChI is InChI=1S/C21H30N2O4/c1-15(2)12-20(24)23-13-18(16-4-6-17(26-3)7-5-16)19(14-23)21(25)22-8-10-27-11-9-22/h4-7,15,18-19H,8-14H2,1-3H3/t18-,19+/m1/s1. The molecule has 27 heavy (non-hydrogen) atoms. The molecule has 1 aromatic carbocycles. The fourth-order valence-corrected chi connectivity index (χ4v) is 3.94. The first-order valence-electron chi connectivity index (χ1n) is 9.78. The van der Waals surface area contributed by atoms with E-state index >= 15 is 0 Å². The number of amides is 2. The lowest BCUT2D eigenvalue weighted by Crippen LogP contribution is -2.45. The smallest absolute Gasteiger partial charge is 0.228 e. The Morgan fingerprint density at radius 2 is 1.78 bits per heavy atom. The number of nitrogens with zero attached hydrogens (tertiary/aromatic N) is 2. The zero-order valence-corrected chi connectivity index (χ0v) is 16.5. The van der Waals surface area contributed by atoms with E-state index in [1.54, 1.807) is 7.11 Å². The van der Waals surface area contributed by atoms with Crippen LogP contribution in [0.4, 0.5) is 0 Å². The van der Waals surface area contributed by atoms with Gasteiger partial charge in [-0.15, -0.1) is 0 Å². The van der Waals surface area contributed by atoms with Crippen molar-refractivity contribution in [2.75, 3.05) is 46.5 Å². The second-order valence-electron chi connectivity index (χ2n) is 7.82. The van der Waals surface area contributed by atoms with Crippen molar-refractivity contribution in [2.45, 2.75) is 26.2 Å². The van der Waals surface area contributed by atoms with Gasteiger partial charge in [0.05, 0.1) is 26.2 Å². The summed E-state index contributed by atoms with van der Waals surface area (Å²) in [4.78, 5) is 29.6. The molecule has 3 rings (SSSR count). The zero-order chi connectivity index (χ0) is 19.4. The highest BCUT2D eigenvalue weighted by atomic mass is 16.5. The van der Waals surface area contributed by atoms with Crippen LogP contribution in [0, 0.1) is 11.8 Å². The van der Waals surface area contributed by atoms with Crippen LogP contribution < -0.4 is 4.74 Å². The molecule has 0 aromatic heterocycles. The van der Waals surface area contributed by atoms with Gasteiger partial charge < -0.3 is 19.3 Å². The number of ether oxygens (including phenoxy) is 2. The van der Waals surface area contributed by atoms with E-state index in [9.17, 15) is 9.59 Å². The Balaban J connectivity index is 1.81. The van der Waals surface area contributed by atoms with Gasteiger partial charge in [0.2, 0.25) is 11.8 Å². The number of hydrogen-bond acceptors (Lipinski definition) is 4. The lowest BCUT2D eigenvalue weighted by Gasteiger charge is -2.30. The van der Waals surface area contributed by atoms with Gasteiger partial charge in [0.25, 0.3) is 0 Å². The van der Waals surface area contributed by atoms with E-state index in [1.807, 2.05) is 47.9 Å². The first-order valence-corrected chi connectivity index (χ1v) is 9.78. The molecule has 6 heteroatoms. The lowest BCUT2D eigenvalue weighted by atomic mass is 9.88. The van der Waals surface area contributed by atoms with Crippen LogP contribution in [-0.2, 0) is 14.3 Å². The Bertz CT molecular complexity index is 653. The van der Waals surface area contributed by atoms with E-state index in [4.69, 9.17) is 9.47 Å². The Morgan fingerprint density at radius 3 is 2.37 bits per heavy atom. The first kappa shape index (κ1) is 19.7. The third-order valence-corrected chi connectivity index (χ3v) is 5.44. The topological polar surface area (TPSA) is 59.1 Å². The fraction of sp³-hybridized carbons (Fsp3) is 0.619. The third kappa shape index (κ3) is 4.61. The highest BCUT2D eigenvalue weighted by Crippen LogP contribution is 2.35. The minimum Gasteiger partial charge on any atom is -0.497 e. The number of likely N-dealkylation sites (tertiary alicyclic amines) is 1. The zero-order valence-electron chi connectivity index (χ0n) is 16.5. The van der Waals surface area contributed by atoms with Crippen molar-refractivity contribution in [2.24, 2.45) is 11.8 Å². The molecule has 0 aliphatic carbocycles. The summed E-state index contributed by atoms with van der Waals surface area (Å²) in [6.45, 7) is 7.62. The largest absolute Gasteiger partial charge is 0.497 e. The summed E-state index contributed by atoms with van der Waals surface area (Å²) in [5.41, 5.74) is 1.09. The second-order valence-corrected chi connectivity index (χ2v) is 7.82. The molecular weight excluding hydrogens is 344 g/mol. The summed E-state index contributed by atoms with van der Waals surface area (Å²) in [6, 6.07) is 7.87. The van der Waals surface area contributed by atoms with Crippen LogP contribution in [0.5, 0.6) is 5.75 Å². The van der Waals surface area contributed by atoms with Gasteiger partial charge in [0, 0.05) is 38.5 Å². The van der Waals surface area contributed by atoms with Crippen molar-refractivity contribution in [3.63, 3.8) is 0 Å². The van der Waals surface area contributed by atoms with Crippen LogP contribution in [0.15, 0.2) is 24.3 Å². The highest BCUT2D eigenvalue weighted by molar-refractivity contribution is 5.83. The van der Waals surface area contributed by atoms with Crippen LogP contribution in [0.3, 0.4) is 0 Å². The van der Waals surface area contributed by atoms with E-state index in [1.165, 1.54) is 0 Å². The molecule has 6 nitrogen and oxygen atoms in total. The molecule has 2 aliphatic rings. The molecule has 148 valence electrons. The molecule has 0 bridgehead atoms. The summed E-state index contributed by atoms with van der Waals surface area (Å²) < 4.78 is 10.6. The lowest BCUT2D eigenvalue weighted by molar-refractivity contribution is -0.140. The molecule has 0 spiro atoms. The number of methoxy groups -OCH3 is 1. The van der Waals surface area contributed by atoms with Crippen molar-refractivity contribution >= 4 is 11.8 Å². The number of morpholine rings is 1. The molecule has 0 N–H and O–H groups in total. The van der Waals surface area contributed by atoms with Crippen LogP contribution in [0.25, 0.3) is 0 Å². The van der Waals surface area contributed by atoms with E-state index in [-0.39, 0.29) is 23.7 Å². The average molecular weight is 374 g/mol. The van der Waals surface area contributed by atoms with Gasteiger partial charge in [-0.05, 0) is 23.6 Å². The molecular formula is C21H30N2O4. The minimum atomic E-state index is -0.201. The fourth-order valence-electron chi connectivity index (χ4n) is 3.94. The molecule has 1 aromatic rings. The van der Waals surface area contributed by atoms with Crippen molar-refractivity contribution in [1.82, 2.24) is 9.80 Å². The predicted molar refractivity (Wildman–Crippen MR) is 103 cm³/mol. The molecule has 2 aliphatic heterocycles. The van der Waals surface area contributed by atoms with Crippen LogP contribution in [-0.4, -0.2) is 68.1 Å². The van der Waals surface area contributed by atoms with Gasteiger partial charge >= 0.3 is 0 Å². The number of carbonyl (C=O) groups is 2. The predicted octanol–water partition coefficient (Wildman–Crippen LogP) is 2.14. The van der Waals surface area contributed by atoms with Gasteiger partial charge in [-0.3, -0.25) is 9.59 Å². The second kappa shape index (κ2) is 8.74. The van der Waals surface area contributed by atoms with Crippen LogP contribution in [0.2, 0.25) is 0 Å². The van der Waals surface area contributed by atoms with Gasteiger partial charge in [0.1, 0.15) is 5.75 Å². The van der Waals surface area contributed by atoms with Gasteiger partial charge in [0.15, 0.2) is 0 Å². The quantitative estimate of drug-likeness (QED) is 0.792. The minimum absolute atomic E-state index is 0.0161. The summed E-state index contributed by atoms with van der Waals surface area (Å²) in [5, 5.41) is 0. The van der Waals surface area contributed by atoms with Crippen molar-refractivity contribution < 1.29 is 19.1 Å². The van der Waals surface area contributed by atoms with E-state index in [0.717, 1.165) is 11.3 Å². The van der Waals surface area contributed by atoms with E-state index < -0.39 is 0 Å². The van der Waals surface area contributed by atoms with Crippen molar-refractivity contribution in [3.8, 4) is 5.75 Å². The molecule has 2 saturated heterocycles. The summed E-state index contributed by atoms with van der Waals surface area (Å²) >= 11 is 0. The van der Waals surface area contributed by atoms with Crippen LogP contribution in [0.1, 0.15) is 31.7 Å². The molecule has 0 saturated carbocycles. The molecule has 0 unspecified atom stereocenters. The molecule has 2 fully saturated rings. The number of benzene rings is 1. The number of hydrogen-bond donors (Lipinski definition) is 0. The molecule has 0 radical (unpaired) electrons. The Morgan fingerprint density at radius 1 is 1.11 bits per heavy atom. The van der Waals surface area contributed by atoms with Crippen molar-refractivity contribution in [1.29, 1.82) is 0 Å². The molecule has 2 atom stereocenters. The number of carbonyl (C=O) groups excluding carboxylic acids is 2. The van der Waals surface area contributed by atoms with Crippen LogP contribution >= 0.6 is 0 Å². The normalized spacial score (nSPS) is 23.0. The summed E-state index contributed by atoms with van der Waals surface area (Å²) in [7, 11) is 1.64.